The molecule has 1 aromatic carbocycles. The third-order valence-electron chi connectivity index (χ3n) is 4.10. The Morgan fingerprint density at radius 1 is 1.24 bits per heavy atom. The zero-order valence-electron chi connectivity index (χ0n) is 12.7. The molecular weight excluding hydrogens is 260 g/mol. The second-order valence-electron chi connectivity index (χ2n) is 5.35. The van der Waals surface area contributed by atoms with E-state index in [4.69, 9.17) is 4.74 Å². The predicted octanol–water partition coefficient (Wildman–Crippen LogP) is 3.28. The predicted molar refractivity (Wildman–Crippen MR) is 84.8 cm³/mol. The van der Waals surface area contributed by atoms with Crippen molar-refractivity contribution in [2.75, 3.05) is 13.2 Å². The van der Waals surface area contributed by atoms with Gasteiger partial charge in [-0.25, -0.2) is 0 Å². The molecule has 110 valence electrons. The molecule has 3 heteroatoms. The minimum absolute atomic E-state index is 0.168. The Morgan fingerprint density at radius 3 is 2.95 bits per heavy atom. The van der Waals surface area contributed by atoms with Crippen molar-refractivity contribution in [1.29, 1.82) is 0 Å². The molecule has 0 aliphatic carbocycles. The van der Waals surface area contributed by atoms with Gasteiger partial charge in [0.1, 0.15) is 5.75 Å². The van der Waals surface area contributed by atoms with E-state index in [9.17, 15) is 0 Å². The number of ether oxygens (including phenoxy) is 1. The number of hydrogen-bond donors (Lipinski definition) is 1. The smallest absolute Gasteiger partial charge is 0.127 e. The molecule has 0 fully saturated rings. The van der Waals surface area contributed by atoms with Gasteiger partial charge in [0.05, 0.1) is 12.6 Å². The normalized spacial score (nSPS) is 14.6. The first kappa shape index (κ1) is 14.1. The number of pyridine rings is 1. The van der Waals surface area contributed by atoms with Crippen molar-refractivity contribution in [1.82, 2.24) is 10.3 Å². The molecule has 1 aromatic heterocycles. The molecule has 21 heavy (non-hydrogen) atoms. The van der Waals surface area contributed by atoms with Crippen molar-refractivity contribution in [3.8, 4) is 5.75 Å². The van der Waals surface area contributed by atoms with Crippen LogP contribution in [0.3, 0.4) is 0 Å². The van der Waals surface area contributed by atoms with E-state index in [-0.39, 0.29) is 6.04 Å². The van der Waals surface area contributed by atoms with E-state index >= 15 is 0 Å². The average molecular weight is 282 g/mol. The van der Waals surface area contributed by atoms with Crippen molar-refractivity contribution < 1.29 is 4.74 Å². The first-order valence-corrected chi connectivity index (χ1v) is 7.75. The van der Waals surface area contributed by atoms with Crippen molar-refractivity contribution in [2.24, 2.45) is 0 Å². The van der Waals surface area contributed by atoms with Gasteiger partial charge in [0, 0.05) is 24.4 Å². The number of nitrogens with zero attached hydrogens (tertiary/aromatic N) is 1. The second-order valence-corrected chi connectivity index (χ2v) is 5.35. The molecule has 1 aliphatic heterocycles. The lowest BCUT2D eigenvalue weighted by molar-refractivity contribution is 0.350. The summed E-state index contributed by atoms with van der Waals surface area (Å²) in [5, 5.41) is 3.61. The Bertz CT molecular complexity index is 624. The fraction of sp³-hybridized carbons (Fsp3) is 0.389. The van der Waals surface area contributed by atoms with Crippen LogP contribution >= 0.6 is 0 Å². The van der Waals surface area contributed by atoms with Crippen LogP contribution < -0.4 is 10.1 Å². The number of rotatable bonds is 5. The highest BCUT2D eigenvalue weighted by atomic mass is 16.5. The van der Waals surface area contributed by atoms with Crippen LogP contribution in [-0.4, -0.2) is 18.1 Å². The third-order valence-corrected chi connectivity index (χ3v) is 4.10. The Balaban J connectivity index is 2.09. The zero-order valence-corrected chi connectivity index (χ0v) is 12.7. The molecule has 0 spiro atoms. The molecule has 1 aliphatic rings. The molecule has 0 saturated heterocycles. The van der Waals surface area contributed by atoms with E-state index in [1.54, 1.807) is 0 Å². The summed E-state index contributed by atoms with van der Waals surface area (Å²) in [5.41, 5.74) is 5.16. The summed E-state index contributed by atoms with van der Waals surface area (Å²) in [6.45, 7) is 6.03. The molecule has 3 nitrogen and oxygen atoms in total. The summed E-state index contributed by atoms with van der Waals surface area (Å²) in [6.07, 6.45) is 5.85. The molecule has 0 bridgehead atoms. The van der Waals surface area contributed by atoms with Crippen molar-refractivity contribution >= 4 is 0 Å². The molecule has 1 unspecified atom stereocenters. The van der Waals surface area contributed by atoms with Crippen LogP contribution in [0.2, 0.25) is 0 Å². The lowest BCUT2D eigenvalue weighted by atomic mass is 9.92. The summed E-state index contributed by atoms with van der Waals surface area (Å²) in [5.74, 6) is 1.07. The molecular formula is C18H22N2O. The highest BCUT2D eigenvalue weighted by Crippen LogP contribution is 2.37. The summed E-state index contributed by atoms with van der Waals surface area (Å²) in [7, 11) is 0. The lowest BCUT2D eigenvalue weighted by Crippen LogP contribution is -2.23. The largest absolute Gasteiger partial charge is 0.493 e. The first-order valence-electron chi connectivity index (χ1n) is 7.75. The maximum atomic E-state index is 5.90. The summed E-state index contributed by atoms with van der Waals surface area (Å²) < 4.78 is 5.90. The highest BCUT2D eigenvalue weighted by molar-refractivity contribution is 5.49. The zero-order chi connectivity index (χ0) is 14.7. The fourth-order valence-electron chi connectivity index (χ4n) is 3.07. The van der Waals surface area contributed by atoms with Gasteiger partial charge in [0.25, 0.3) is 0 Å². The summed E-state index contributed by atoms with van der Waals surface area (Å²) >= 11 is 0. The monoisotopic (exact) mass is 282 g/mol. The topological polar surface area (TPSA) is 34.2 Å². The van der Waals surface area contributed by atoms with Crippen LogP contribution in [0.4, 0.5) is 0 Å². The van der Waals surface area contributed by atoms with Gasteiger partial charge in [-0.2, -0.15) is 0 Å². The van der Waals surface area contributed by atoms with Crippen LogP contribution in [0.25, 0.3) is 0 Å². The number of aromatic nitrogens is 1. The van der Waals surface area contributed by atoms with Crippen molar-refractivity contribution in [2.45, 2.75) is 32.7 Å². The van der Waals surface area contributed by atoms with Crippen molar-refractivity contribution in [3.63, 3.8) is 0 Å². The number of benzene rings is 1. The van der Waals surface area contributed by atoms with Crippen LogP contribution in [-0.2, 0) is 12.8 Å². The minimum atomic E-state index is 0.168. The van der Waals surface area contributed by atoms with E-state index in [1.807, 2.05) is 12.4 Å². The Kier molecular flexibility index (Phi) is 4.20. The number of para-hydroxylation sites is 1. The van der Waals surface area contributed by atoms with Gasteiger partial charge in [0.2, 0.25) is 0 Å². The van der Waals surface area contributed by atoms with Gasteiger partial charge in [-0.15, -0.1) is 0 Å². The lowest BCUT2D eigenvalue weighted by Gasteiger charge is -2.23. The number of hydrogen-bond acceptors (Lipinski definition) is 3. The second kappa shape index (κ2) is 6.27. The van der Waals surface area contributed by atoms with Gasteiger partial charge in [0.15, 0.2) is 0 Å². The van der Waals surface area contributed by atoms with E-state index in [1.165, 1.54) is 22.3 Å². The Labute approximate surface area is 126 Å². The maximum absolute atomic E-state index is 5.90. The quantitative estimate of drug-likeness (QED) is 0.914. The van der Waals surface area contributed by atoms with E-state index in [0.717, 1.165) is 31.7 Å². The third kappa shape index (κ3) is 2.66. The molecule has 0 amide bonds. The molecule has 1 atom stereocenters. The van der Waals surface area contributed by atoms with Crippen LogP contribution in [0.5, 0.6) is 5.75 Å². The molecule has 1 N–H and O–H groups in total. The summed E-state index contributed by atoms with van der Waals surface area (Å²) in [4.78, 5) is 4.27. The highest BCUT2D eigenvalue weighted by Gasteiger charge is 2.24. The number of aryl methyl sites for hydroxylation is 1. The van der Waals surface area contributed by atoms with E-state index in [0.29, 0.717) is 0 Å². The van der Waals surface area contributed by atoms with Crippen molar-refractivity contribution in [3.05, 3.63) is 58.9 Å². The van der Waals surface area contributed by atoms with Gasteiger partial charge in [-0.05, 0) is 35.7 Å². The Hall–Kier alpha value is -1.87. The minimum Gasteiger partial charge on any atom is -0.493 e. The van der Waals surface area contributed by atoms with E-state index < -0.39 is 0 Å². The molecule has 2 heterocycles. The van der Waals surface area contributed by atoms with Crippen LogP contribution in [0.15, 0.2) is 36.7 Å². The first-order chi connectivity index (χ1) is 10.3. The average Bonchev–Trinajstić information content (AvgIpc) is 3.01. The van der Waals surface area contributed by atoms with Crippen LogP contribution in [0, 0.1) is 0 Å². The molecule has 2 aromatic rings. The van der Waals surface area contributed by atoms with E-state index in [2.05, 4.69) is 48.4 Å². The summed E-state index contributed by atoms with van der Waals surface area (Å²) in [6, 6.07) is 8.78. The maximum Gasteiger partial charge on any atom is 0.127 e. The SMILES string of the molecule is CCNC(c1ccncc1CC)c1cccc2c1OCC2. The Morgan fingerprint density at radius 2 is 2.14 bits per heavy atom. The molecule has 3 rings (SSSR count). The standard InChI is InChI=1S/C18H22N2O/c1-3-13-12-19-10-8-15(13)17(20-4-2)16-7-5-6-14-9-11-21-18(14)16/h5-8,10,12,17,20H,3-4,9,11H2,1-2H3. The van der Waals surface area contributed by atoms with Gasteiger partial charge >= 0.3 is 0 Å². The number of fused-ring (bicyclic) bond motifs is 1. The van der Waals surface area contributed by atoms with Gasteiger partial charge in [-0.1, -0.05) is 32.0 Å². The molecule has 0 saturated carbocycles. The van der Waals surface area contributed by atoms with Gasteiger partial charge in [-0.3, -0.25) is 4.98 Å². The number of nitrogens with one attached hydrogen (secondary N) is 1. The van der Waals surface area contributed by atoms with Gasteiger partial charge < -0.3 is 10.1 Å². The fourth-order valence-corrected chi connectivity index (χ4v) is 3.07. The van der Waals surface area contributed by atoms with Crippen LogP contribution in [0.1, 0.15) is 42.1 Å². The molecule has 0 radical (unpaired) electrons.